The van der Waals surface area contributed by atoms with Gasteiger partial charge in [-0.15, -0.1) is 0 Å². The first-order valence-corrected chi connectivity index (χ1v) is 20.9. The van der Waals surface area contributed by atoms with Gasteiger partial charge in [-0.25, -0.2) is 0 Å². The van der Waals surface area contributed by atoms with E-state index in [-0.39, 0.29) is 0 Å². The highest BCUT2D eigenvalue weighted by atomic mass is 15.2. The lowest BCUT2D eigenvalue weighted by Crippen LogP contribution is -2.11. The standard InChI is InChI=1S/C56H45N3/c1-36(2)38-26-30-44(31-27-38)57(42-18-7-5-8-19-42)55-46-22-13-11-16-40(46)34-50-52(55)48-24-15-25-49-53-51(59(50)54(48)49)35-41-17-12-14-23-47(41)56(53)58(43-20-9-6-10-21-43)45-32-28-39(29-33-45)37(3)4/h5-37H,1-4H3. The fourth-order valence-corrected chi connectivity index (χ4v) is 9.52. The fourth-order valence-electron chi connectivity index (χ4n) is 9.52. The third kappa shape index (κ3) is 5.49. The maximum Gasteiger partial charge on any atom is 0.0640 e. The van der Waals surface area contributed by atoms with Crippen molar-refractivity contribution in [2.75, 3.05) is 9.80 Å². The molecule has 284 valence electrons. The van der Waals surface area contributed by atoms with Crippen LogP contribution in [0.3, 0.4) is 0 Å². The van der Waals surface area contributed by atoms with Crippen molar-refractivity contribution in [3.63, 3.8) is 0 Å². The molecule has 0 radical (unpaired) electrons. The molecule has 0 bridgehead atoms. The third-order valence-electron chi connectivity index (χ3n) is 12.4. The first-order valence-electron chi connectivity index (χ1n) is 20.9. The van der Waals surface area contributed by atoms with Gasteiger partial charge >= 0.3 is 0 Å². The second-order valence-electron chi connectivity index (χ2n) is 16.6. The van der Waals surface area contributed by atoms with Gasteiger partial charge < -0.3 is 14.2 Å². The number of nitrogens with zero attached hydrogens (tertiary/aromatic N) is 3. The van der Waals surface area contributed by atoms with Gasteiger partial charge in [0.25, 0.3) is 0 Å². The van der Waals surface area contributed by atoms with E-state index in [4.69, 9.17) is 0 Å². The van der Waals surface area contributed by atoms with E-state index in [0.717, 1.165) is 22.7 Å². The summed E-state index contributed by atoms with van der Waals surface area (Å²) in [5.74, 6) is 0.900. The molecule has 59 heavy (non-hydrogen) atoms. The summed E-state index contributed by atoms with van der Waals surface area (Å²) in [6.45, 7) is 9.04. The van der Waals surface area contributed by atoms with Crippen molar-refractivity contribution in [3.8, 4) is 0 Å². The number of fused-ring (bicyclic) bond motifs is 8. The predicted octanol–water partition coefficient (Wildman–Crippen LogP) is 16.3. The lowest BCUT2D eigenvalue weighted by atomic mass is 9.97. The minimum absolute atomic E-state index is 0.450. The summed E-state index contributed by atoms with van der Waals surface area (Å²) in [5.41, 5.74) is 13.3. The Labute approximate surface area is 345 Å². The molecular weight excluding hydrogens is 715 g/mol. The zero-order valence-electron chi connectivity index (χ0n) is 33.9. The largest absolute Gasteiger partial charge is 0.309 e. The van der Waals surface area contributed by atoms with E-state index in [1.165, 1.54) is 82.1 Å². The van der Waals surface area contributed by atoms with Crippen molar-refractivity contribution in [2.45, 2.75) is 39.5 Å². The number of aromatic nitrogens is 1. The molecule has 2 heterocycles. The number of hydrogen-bond acceptors (Lipinski definition) is 2. The van der Waals surface area contributed by atoms with E-state index < -0.39 is 0 Å². The molecule has 0 amide bonds. The molecule has 0 atom stereocenters. The molecule has 0 unspecified atom stereocenters. The number of rotatable bonds is 8. The van der Waals surface area contributed by atoms with E-state index in [9.17, 15) is 0 Å². The van der Waals surface area contributed by atoms with E-state index in [0.29, 0.717) is 11.8 Å². The second-order valence-corrected chi connectivity index (χ2v) is 16.6. The highest BCUT2D eigenvalue weighted by molar-refractivity contribution is 6.33. The highest BCUT2D eigenvalue weighted by Gasteiger charge is 2.28. The highest BCUT2D eigenvalue weighted by Crippen LogP contribution is 2.53. The Bertz CT molecular complexity index is 3090. The van der Waals surface area contributed by atoms with Gasteiger partial charge in [0.1, 0.15) is 0 Å². The lowest BCUT2D eigenvalue weighted by Gasteiger charge is -2.29. The van der Waals surface area contributed by atoms with Crippen LogP contribution in [0.1, 0.15) is 50.7 Å². The van der Waals surface area contributed by atoms with Gasteiger partial charge in [-0.3, -0.25) is 0 Å². The quantitative estimate of drug-likeness (QED) is 0.153. The molecule has 0 aliphatic heterocycles. The minimum Gasteiger partial charge on any atom is -0.309 e. The van der Waals surface area contributed by atoms with Gasteiger partial charge in [-0.2, -0.15) is 0 Å². The number of benzene rings is 9. The van der Waals surface area contributed by atoms with E-state index in [1.807, 2.05) is 0 Å². The molecule has 9 aromatic carbocycles. The maximum atomic E-state index is 2.57. The Hall–Kier alpha value is -7.10. The SMILES string of the molecule is CC(C)c1ccc(N(c2ccccc2)c2c3ccccc3cc3c2c2cccc4c5c(N(c6ccccc6)c6ccc(C(C)C)cc6)c6ccccc6cc5n3c24)cc1. The number of hydrogen-bond donors (Lipinski definition) is 0. The Kier molecular flexibility index (Phi) is 8.20. The first kappa shape index (κ1) is 35.1. The van der Waals surface area contributed by atoms with Crippen LogP contribution in [0.25, 0.3) is 59.6 Å². The van der Waals surface area contributed by atoms with Crippen LogP contribution in [0, 0.1) is 0 Å². The average molecular weight is 760 g/mol. The van der Waals surface area contributed by atoms with Crippen LogP contribution in [0.5, 0.6) is 0 Å². The molecular formula is C56H45N3. The summed E-state index contributed by atoms with van der Waals surface area (Å²) in [4.78, 5) is 4.97. The van der Waals surface area contributed by atoms with Gasteiger partial charge in [0, 0.05) is 55.1 Å². The van der Waals surface area contributed by atoms with Gasteiger partial charge in [0.15, 0.2) is 0 Å². The summed E-state index contributed by atoms with van der Waals surface area (Å²) in [6.07, 6.45) is 0. The molecule has 0 N–H and O–H groups in total. The van der Waals surface area contributed by atoms with Crippen molar-refractivity contribution in [1.29, 1.82) is 0 Å². The van der Waals surface area contributed by atoms with Crippen LogP contribution in [-0.4, -0.2) is 4.40 Å². The Balaban J connectivity index is 1.29. The number of para-hydroxylation sites is 3. The lowest BCUT2D eigenvalue weighted by molar-refractivity contribution is 0.866. The number of anilines is 6. The summed E-state index contributed by atoms with van der Waals surface area (Å²) in [6, 6.07) is 69.7. The minimum atomic E-state index is 0.450. The second kappa shape index (κ2) is 13.8. The van der Waals surface area contributed by atoms with Crippen molar-refractivity contribution in [2.24, 2.45) is 0 Å². The maximum absolute atomic E-state index is 2.57. The van der Waals surface area contributed by atoms with Crippen LogP contribution in [-0.2, 0) is 0 Å². The normalized spacial score (nSPS) is 12.0. The van der Waals surface area contributed by atoms with Crippen molar-refractivity contribution in [1.82, 2.24) is 4.40 Å². The molecule has 11 aromatic rings. The van der Waals surface area contributed by atoms with Gasteiger partial charge in [0.05, 0.1) is 27.9 Å². The Morgan fingerprint density at radius 2 is 0.712 bits per heavy atom. The monoisotopic (exact) mass is 759 g/mol. The molecule has 3 heteroatoms. The smallest absolute Gasteiger partial charge is 0.0640 e. The van der Waals surface area contributed by atoms with Crippen LogP contribution >= 0.6 is 0 Å². The van der Waals surface area contributed by atoms with Crippen LogP contribution < -0.4 is 9.80 Å². The molecule has 11 rings (SSSR count). The van der Waals surface area contributed by atoms with Gasteiger partial charge in [-0.1, -0.05) is 155 Å². The molecule has 0 spiro atoms. The molecule has 3 nitrogen and oxygen atoms in total. The van der Waals surface area contributed by atoms with Crippen LogP contribution in [0.4, 0.5) is 34.1 Å². The molecule has 0 aliphatic carbocycles. The van der Waals surface area contributed by atoms with Crippen molar-refractivity contribution >= 4 is 93.8 Å². The fraction of sp³-hybridized carbons (Fsp3) is 0.107. The van der Waals surface area contributed by atoms with Crippen LogP contribution in [0.15, 0.2) is 188 Å². The topological polar surface area (TPSA) is 10.9 Å². The Morgan fingerprint density at radius 3 is 1.12 bits per heavy atom. The van der Waals surface area contributed by atoms with Crippen molar-refractivity contribution < 1.29 is 0 Å². The third-order valence-corrected chi connectivity index (χ3v) is 12.4. The van der Waals surface area contributed by atoms with E-state index in [2.05, 4.69) is 230 Å². The van der Waals surface area contributed by atoms with Gasteiger partial charge in [0.2, 0.25) is 0 Å². The summed E-state index contributed by atoms with van der Waals surface area (Å²) >= 11 is 0. The van der Waals surface area contributed by atoms with E-state index >= 15 is 0 Å². The molecule has 0 aliphatic rings. The van der Waals surface area contributed by atoms with Crippen LogP contribution in [0.2, 0.25) is 0 Å². The zero-order valence-corrected chi connectivity index (χ0v) is 33.9. The zero-order chi connectivity index (χ0) is 39.8. The van der Waals surface area contributed by atoms with Crippen molar-refractivity contribution in [3.05, 3.63) is 199 Å². The molecule has 0 saturated heterocycles. The predicted molar refractivity (Wildman–Crippen MR) is 254 cm³/mol. The first-order chi connectivity index (χ1) is 29.0. The molecule has 0 fully saturated rings. The Morgan fingerprint density at radius 1 is 0.356 bits per heavy atom. The molecule has 2 aromatic heterocycles. The average Bonchev–Trinajstić information content (AvgIpc) is 3.79. The van der Waals surface area contributed by atoms with Gasteiger partial charge in [-0.05, 0) is 94.4 Å². The summed E-state index contributed by atoms with van der Waals surface area (Å²) in [5, 5.41) is 9.86. The summed E-state index contributed by atoms with van der Waals surface area (Å²) in [7, 11) is 0. The molecule has 0 saturated carbocycles. The summed E-state index contributed by atoms with van der Waals surface area (Å²) < 4.78 is 2.57. The van der Waals surface area contributed by atoms with E-state index in [1.54, 1.807) is 0 Å².